The van der Waals surface area contributed by atoms with Gasteiger partial charge < -0.3 is 9.88 Å². The van der Waals surface area contributed by atoms with Gasteiger partial charge in [-0.3, -0.25) is 4.79 Å². The molecule has 4 heteroatoms. The van der Waals surface area contributed by atoms with Crippen molar-refractivity contribution in [3.8, 4) is 0 Å². The Morgan fingerprint density at radius 1 is 1.07 bits per heavy atom. The largest absolute Gasteiger partial charge is 0.342 e. The van der Waals surface area contributed by atoms with Gasteiger partial charge in [-0.1, -0.05) is 32.1 Å². The normalized spacial score (nSPS) is 42.8. The van der Waals surface area contributed by atoms with E-state index in [0.717, 1.165) is 23.8 Å². The second-order valence-corrected chi connectivity index (χ2v) is 10.9. The van der Waals surface area contributed by atoms with Crippen molar-refractivity contribution in [3.05, 3.63) is 42.2 Å². The van der Waals surface area contributed by atoms with E-state index in [0.29, 0.717) is 23.3 Å². The zero-order chi connectivity index (χ0) is 20.7. The van der Waals surface area contributed by atoms with Gasteiger partial charge in [0.2, 0.25) is 5.91 Å². The third-order valence-corrected chi connectivity index (χ3v) is 9.87. The fourth-order valence-corrected chi connectivity index (χ4v) is 8.33. The summed E-state index contributed by atoms with van der Waals surface area (Å²) in [5, 5.41) is 0. The minimum absolute atomic E-state index is 0.129. The van der Waals surface area contributed by atoms with Gasteiger partial charge in [0, 0.05) is 24.4 Å². The number of rotatable bonds is 1. The van der Waals surface area contributed by atoms with E-state index >= 15 is 0 Å². The van der Waals surface area contributed by atoms with Crippen LogP contribution < -0.4 is 0 Å². The summed E-state index contributed by atoms with van der Waals surface area (Å²) >= 11 is 0. The molecule has 3 aliphatic carbocycles. The van der Waals surface area contributed by atoms with Crippen LogP contribution in [-0.2, 0) is 4.79 Å². The number of hydrogen-bond donors (Lipinski definition) is 1. The molecule has 0 saturated heterocycles. The first-order valence-corrected chi connectivity index (χ1v) is 11.8. The van der Waals surface area contributed by atoms with Crippen LogP contribution in [0.25, 0.3) is 11.0 Å². The average molecular weight is 404 g/mol. The van der Waals surface area contributed by atoms with Gasteiger partial charge >= 0.3 is 0 Å². The fourth-order valence-electron chi connectivity index (χ4n) is 8.33. The minimum atomic E-state index is 0.129. The van der Waals surface area contributed by atoms with Crippen molar-refractivity contribution in [2.45, 2.75) is 64.3 Å². The molecule has 0 spiro atoms. The monoisotopic (exact) mass is 403 g/mol. The number of H-pyrrole nitrogens is 1. The second-order valence-electron chi connectivity index (χ2n) is 10.9. The van der Waals surface area contributed by atoms with E-state index in [4.69, 9.17) is 4.98 Å². The number of likely N-dealkylation sites (N-methyl/N-ethyl adjacent to an activating group) is 1. The van der Waals surface area contributed by atoms with Crippen molar-refractivity contribution in [1.29, 1.82) is 0 Å². The molecular formula is C26H33N3O. The van der Waals surface area contributed by atoms with Crippen molar-refractivity contribution in [3.63, 3.8) is 0 Å². The molecule has 2 aromatic rings. The minimum Gasteiger partial charge on any atom is -0.342 e. The third-order valence-electron chi connectivity index (χ3n) is 9.87. The Balaban J connectivity index is 1.34. The van der Waals surface area contributed by atoms with Crippen molar-refractivity contribution in [2.24, 2.45) is 28.6 Å². The summed E-state index contributed by atoms with van der Waals surface area (Å²) < 4.78 is 0. The van der Waals surface area contributed by atoms with Crippen LogP contribution in [0, 0.1) is 28.6 Å². The second kappa shape index (κ2) is 6.21. The molecule has 4 aliphatic rings. The summed E-state index contributed by atoms with van der Waals surface area (Å²) in [7, 11) is 2.01. The van der Waals surface area contributed by atoms with E-state index in [1.165, 1.54) is 43.4 Å². The lowest BCUT2D eigenvalue weighted by Gasteiger charge is -2.60. The van der Waals surface area contributed by atoms with Crippen molar-refractivity contribution in [1.82, 2.24) is 14.9 Å². The van der Waals surface area contributed by atoms with E-state index in [1.54, 1.807) is 0 Å². The van der Waals surface area contributed by atoms with Crippen LogP contribution in [0.5, 0.6) is 0 Å². The van der Waals surface area contributed by atoms with Gasteiger partial charge in [-0.05, 0) is 79.9 Å². The highest BCUT2D eigenvalue weighted by Gasteiger charge is 2.60. The lowest BCUT2D eigenvalue weighted by molar-refractivity contribution is -0.138. The third kappa shape index (κ3) is 2.34. The Hall–Kier alpha value is -2.10. The first-order valence-electron chi connectivity index (χ1n) is 11.8. The van der Waals surface area contributed by atoms with Gasteiger partial charge in [0.25, 0.3) is 0 Å². The number of carbonyl (C=O) groups is 1. The van der Waals surface area contributed by atoms with Gasteiger partial charge in [0.05, 0.1) is 11.0 Å². The van der Waals surface area contributed by atoms with E-state index < -0.39 is 0 Å². The Labute approximate surface area is 179 Å². The fraction of sp³-hybridized carbons (Fsp3) is 0.615. The Kier molecular flexibility index (Phi) is 3.86. The molecule has 4 nitrogen and oxygen atoms in total. The van der Waals surface area contributed by atoms with E-state index in [2.05, 4.69) is 49.2 Å². The van der Waals surface area contributed by atoms with Crippen LogP contribution in [0.2, 0.25) is 0 Å². The molecule has 1 aromatic carbocycles. The summed E-state index contributed by atoms with van der Waals surface area (Å²) in [6.07, 6.45) is 11.7. The lowest BCUT2D eigenvalue weighted by Crippen LogP contribution is -2.59. The smallest absolute Gasteiger partial charge is 0.246 e. The topological polar surface area (TPSA) is 49.0 Å². The number of aromatic amines is 1. The lowest BCUT2D eigenvalue weighted by atomic mass is 9.47. The molecule has 0 radical (unpaired) electrons. The number of benzene rings is 1. The molecule has 1 aliphatic heterocycles. The summed E-state index contributed by atoms with van der Waals surface area (Å²) in [6.45, 7) is 4.99. The van der Waals surface area contributed by atoms with Gasteiger partial charge in [0.1, 0.15) is 5.82 Å². The van der Waals surface area contributed by atoms with Gasteiger partial charge in [-0.2, -0.15) is 0 Å². The first kappa shape index (κ1) is 18.7. The van der Waals surface area contributed by atoms with Crippen molar-refractivity contribution < 1.29 is 4.79 Å². The zero-order valence-corrected chi connectivity index (χ0v) is 18.4. The first-order chi connectivity index (χ1) is 14.4. The predicted molar refractivity (Wildman–Crippen MR) is 119 cm³/mol. The highest BCUT2D eigenvalue weighted by Crippen LogP contribution is 2.67. The maximum Gasteiger partial charge on any atom is 0.246 e. The Morgan fingerprint density at radius 3 is 2.73 bits per heavy atom. The number of amides is 1. The van der Waals surface area contributed by atoms with Crippen LogP contribution in [0.15, 0.2) is 36.4 Å². The van der Waals surface area contributed by atoms with Crippen LogP contribution in [-0.4, -0.2) is 33.9 Å². The molecule has 2 heterocycles. The number of nitrogens with zero attached hydrogens (tertiary/aromatic N) is 2. The number of nitrogens with one attached hydrogen (secondary N) is 1. The van der Waals surface area contributed by atoms with Crippen LogP contribution >= 0.6 is 0 Å². The summed E-state index contributed by atoms with van der Waals surface area (Å²) in [5.74, 6) is 4.15. The van der Waals surface area contributed by atoms with E-state index in [1.807, 2.05) is 18.0 Å². The van der Waals surface area contributed by atoms with E-state index in [-0.39, 0.29) is 11.3 Å². The molecule has 3 saturated carbocycles. The number of aromatic nitrogens is 2. The van der Waals surface area contributed by atoms with Crippen LogP contribution in [0.1, 0.15) is 64.1 Å². The Bertz CT molecular complexity index is 1010. The van der Waals surface area contributed by atoms with Crippen molar-refractivity contribution in [2.75, 3.05) is 7.05 Å². The molecule has 1 N–H and O–H groups in total. The molecule has 2 unspecified atom stereocenters. The quantitative estimate of drug-likeness (QED) is 0.704. The molecule has 7 atom stereocenters. The summed E-state index contributed by atoms with van der Waals surface area (Å²) in [6, 6.07) is 8.81. The molecule has 1 amide bonds. The molecule has 6 rings (SSSR count). The number of hydrogen-bond acceptors (Lipinski definition) is 2. The predicted octanol–water partition coefficient (Wildman–Crippen LogP) is 5.29. The average Bonchev–Trinajstić information content (AvgIpc) is 3.31. The SMILES string of the molecule is CN1C(=O)C=C[C@]2(C)C3CC[C@]4(C)[C@@H](c5nc6ccccc6[nH]5)CC[C@H]4C3CC[C@@H]12. The Morgan fingerprint density at radius 2 is 1.90 bits per heavy atom. The number of para-hydroxylation sites is 2. The maximum atomic E-state index is 12.3. The van der Waals surface area contributed by atoms with Crippen LogP contribution in [0.3, 0.4) is 0 Å². The standard InChI is InChI=1S/C26H33N3O/c1-25-14-12-18-16(8-11-22-26(18,2)15-13-23(30)29(22)3)17(25)9-10-19(25)24-27-20-6-4-5-7-21(20)28-24/h4-7,13,15-19,22H,8-12,14H2,1-3H3,(H,27,28)/t16?,17-,18?,19+,22+,25-,26+/m0/s1. The molecule has 30 heavy (non-hydrogen) atoms. The summed E-state index contributed by atoms with van der Waals surface area (Å²) in [5.41, 5.74) is 2.73. The number of fused-ring (bicyclic) bond motifs is 6. The highest BCUT2D eigenvalue weighted by atomic mass is 16.2. The molecule has 0 bridgehead atoms. The highest BCUT2D eigenvalue weighted by molar-refractivity contribution is 5.89. The van der Waals surface area contributed by atoms with Gasteiger partial charge in [0.15, 0.2) is 0 Å². The summed E-state index contributed by atoms with van der Waals surface area (Å²) in [4.78, 5) is 23.0. The van der Waals surface area contributed by atoms with Crippen molar-refractivity contribution >= 4 is 16.9 Å². The zero-order valence-electron chi connectivity index (χ0n) is 18.4. The van der Waals surface area contributed by atoms with E-state index in [9.17, 15) is 4.79 Å². The van der Waals surface area contributed by atoms with Gasteiger partial charge in [-0.25, -0.2) is 4.98 Å². The molecular weight excluding hydrogens is 370 g/mol. The molecule has 158 valence electrons. The molecule has 1 aromatic heterocycles. The maximum absolute atomic E-state index is 12.3. The molecule has 3 fully saturated rings. The van der Waals surface area contributed by atoms with Crippen LogP contribution in [0.4, 0.5) is 0 Å². The van der Waals surface area contributed by atoms with Gasteiger partial charge in [-0.15, -0.1) is 0 Å². The number of imidazole rings is 1. The number of carbonyl (C=O) groups excluding carboxylic acids is 1.